The van der Waals surface area contributed by atoms with E-state index in [2.05, 4.69) is 38.1 Å². The molecule has 1 aliphatic carbocycles. The maximum atomic E-state index is 12.9. The number of fused-ring (bicyclic) bond motifs is 3. The van der Waals surface area contributed by atoms with Crippen molar-refractivity contribution in [3.05, 3.63) is 46.4 Å². The van der Waals surface area contributed by atoms with Crippen LogP contribution in [0.1, 0.15) is 34.2 Å². The highest BCUT2D eigenvalue weighted by molar-refractivity contribution is 7.09. The van der Waals surface area contributed by atoms with Crippen molar-refractivity contribution in [2.24, 2.45) is 5.92 Å². The summed E-state index contributed by atoms with van der Waals surface area (Å²) in [5.41, 5.74) is 0.880. The lowest BCUT2D eigenvalue weighted by Crippen LogP contribution is -2.51. The van der Waals surface area contributed by atoms with E-state index in [4.69, 9.17) is 0 Å². The Hall–Kier alpha value is -1.59. The Morgan fingerprint density at radius 1 is 1.13 bits per heavy atom. The molecule has 2 aliphatic heterocycles. The summed E-state index contributed by atoms with van der Waals surface area (Å²) in [5.74, 6) is 0.980. The third kappa shape index (κ3) is 2.34. The highest BCUT2D eigenvalue weighted by Gasteiger charge is 2.46. The van der Waals surface area contributed by atoms with E-state index in [1.54, 1.807) is 0 Å². The Labute approximate surface area is 140 Å². The normalized spacial score (nSPS) is 27.3. The SMILES string of the molecule is O=C1c2cccn2[C@@H]2CN(Cc3cccs3)C[C@H]2N1CC1CC1. The third-order valence-corrected chi connectivity index (χ3v) is 6.32. The van der Waals surface area contributed by atoms with Crippen molar-refractivity contribution in [3.63, 3.8) is 0 Å². The first-order valence-corrected chi connectivity index (χ1v) is 9.40. The lowest BCUT2D eigenvalue weighted by Gasteiger charge is -2.38. The van der Waals surface area contributed by atoms with Crippen molar-refractivity contribution in [2.45, 2.75) is 31.5 Å². The quantitative estimate of drug-likeness (QED) is 0.864. The number of aromatic nitrogens is 1. The van der Waals surface area contributed by atoms with Gasteiger partial charge >= 0.3 is 0 Å². The molecule has 4 heterocycles. The van der Waals surface area contributed by atoms with E-state index >= 15 is 0 Å². The largest absolute Gasteiger partial charge is 0.337 e. The van der Waals surface area contributed by atoms with Crippen molar-refractivity contribution in [1.29, 1.82) is 0 Å². The van der Waals surface area contributed by atoms with Crippen molar-refractivity contribution >= 4 is 17.2 Å². The minimum absolute atomic E-state index is 0.237. The molecule has 3 aliphatic rings. The predicted octanol–water partition coefficient (Wildman–Crippen LogP) is 2.84. The molecular formula is C18H21N3OS. The second kappa shape index (κ2) is 5.21. The molecule has 0 bridgehead atoms. The predicted molar refractivity (Wildman–Crippen MR) is 90.6 cm³/mol. The van der Waals surface area contributed by atoms with Crippen LogP contribution in [0, 0.1) is 5.92 Å². The summed E-state index contributed by atoms with van der Waals surface area (Å²) in [7, 11) is 0. The first-order chi connectivity index (χ1) is 11.3. The molecule has 23 heavy (non-hydrogen) atoms. The highest BCUT2D eigenvalue weighted by Crippen LogP contribution is 2.38. The average Bonchev–Trinajstić information content (AvgIpc) is 2.99. The van der Waals surface area contributed by atoms with Gasteiger partial charge in [0.1, 0.15) is 5.69 Å². The monoisotopic (exact) mass is 327 g/mol. The number of thiophene rings is 1. The summed E-state index contributed by atoms with van der Waals surface area (Å²) in [6, 6.07) is 9.09. The number of rotatable bonds is 4. The summed E-state index contributed by atoms with van der Waals surface area (Å²) in [6.45, 7) is 4.00. The smallest absolute Gasteiger partial charge is 0.270 e. The summed E-state index contributed by atoms with van der Waals surface area (Å²) < 4.78 is 2.23. The van der Waals surface area contributed by atoms with Gasteiger partial charge in [-0.15, -0.1) is 11.3 Å². The Morgan fingerprint density at radius 3 is 2.78 bits per heavy atom. The van der Waals surface area contributed by atoms with Gasteiger partial charge in [0, 0.05) is 37.3 Å². The van der Waals surface area contributed by atoms with E-state index in [-0.39, 0.29) is 5.91 Å². The van der Waals surface area contributed by atoms with Crippen LogP contribution in [0.25, 0.3) is 0 Å². The van der Waals surface area contributed by atoms with Gasteiger partial charge in [0.05, 0.1) is 12.1 Å². The number of hydrogen-bond donors (Lipinski definition) is 0. The lowest BCUT2D eigenvalue weighted by atomic mass is 10.1. The van der Waals surface area contributed by atoms with Crippen LogP contribution in [0.15, 0.2) is 35.8 Å². The molecule has 5 heteroatoms. The van der Waals surface area contributed by atoms with Gasteiger partial charge in [0.2, 0.25) is 0 Å². The van der Waals surface area contributed by atoms with Crippen molar-refractivity contribution in [1.82, 2.24) is 14.4 Å². The number of hydrogen-bond acceptors (Lipinski definition) is 3. The fraction of sp³-hybridized carbons (Fsp3) is 0.500. The summed E-state index contributed by atoms with van der Waals surface area (Å²) in [6.07, 6.45) is 4.68. The maximum absolute atomic E-state index is 12.9. The van der Waals surface area contributed by atoms with Crippen molar-refractivity contribution < 1.29 is 4.79 Å². The van der Waals surface area contributed by atoms with Gasteiger partial charge in [-0.1, -0.05) is 6.07 Å². The number of likely N-dealkylation sites (tertiary alicyclic amines) is 1. The topological polar surface area (TPSA) is 28.5 Å². The zero-order valence-electron chi connectivity index (χ0n) is 13.1. The molecular weight excluding hydrogens is 306 g/mol. The molecule has 120 valence electrons. The molecule has 1 saturated heterocycles. The molecule has 0 aromatic carbocycles. The number of nitrogens with zero attached hydrogens (tertiary/aromatic N) is 3. The Morgan fingerprint density at radius 2 is 2.00 bits per heavy atom. The summed E-state index contributed by atoms with van der Waals surface area (Å²) >= 11 is 1.82. The van der Waals surface area contributed by atoms with E-state index in [1.165, 1.54) is 17.7 Å². The Bertz CT molecular complexity index is 718. The standard InChI is InChI=1S/C18H21N3OS/c22-18-15-4-1-7-20(15)16-11-19(10-14-3-2-8-23-14)12-17(16)21(18)9-13-5-6-13/h1-4,7-8,13,16-17H,5-6,9-12H2/t16-,17-/m1/s1. The fourth-order valence-electron chi connectivity index (χ4n) is 4.14. The molecule has 0 N–H and O–H groups in total. The summed E-state index contributed by atoms with van der Waals surface area (Å²) in [5, 5.41) is 2.14. The Balaban J connectivity index is 1.43. The zero-order valence-corrected chi connectivity index (χ0v) is 13.9. The summed E-state index contributed by atoms with van der Waals surface area (Å²) in [4.78, 5) is 19.0. The van der Waals surface area contributed by atoms with Gasteiger partial charge in [-0.3, -0.25) is 9.69 Å². The maximum Gasteiger partial charge on any atom is 0.270 e. The van der Waals surface area contributed by atoms with Crippen LogP contribution in [0.2, 0.25) is 0 Å². The van der Waals surface area contributed by atoms with E-state index < -0.39 is 0 Å². The molecule has 4 nitrogen and oxygen atoms in total. The van der Waals surface area contributed by atoms with Crippen LogP contribution in [0.3, 0.4) is 0 Å². The Kier molecular flexibility index (Phi) is 3.13. The number of carbonyl (C=O) groups is 1. The van der Waals surface area contributed by atoms with Crippen LogP contribution in [-0.4, -0.2) is 46.0 Å². The van der Waals surface area contributed by atoms with Crippen LogP contribution < -0.4 is 0 Å². The second-order valence-corrected chi connectivity index (χ2v) is 8.14. The van der Waals surface area contributed by atoms with Gasteiger partial charge in [0.25, 0.3) is 5.91 Å². The number of carbonyl (C=O) groups excluding carboxylic acids is 1. The molecule has 5 rings (SSSR count). The van der Waals surface area contributed by atoms with Gasteiger partial charge in [-0.05, 0) is 42.3 Å². The van der Waals surface area contributed by atoms with Crippen molar-refractivity contribution in [2.75, 3.05) is 19.6 Å². The van der Waals surface area contributed by atoms with Gasteiger partial charge in [0.15, 0.2) is 0 Å². The first kappa shape index (κ1) is 13.8. The fourth-order valence-corrected chi connectivity index (χ4v) is 4.88. The van der Waals surface area contributed by atoms with Crippen LogP contribution >= 0.6 is 11.3 Å². The van der Waals surface area contributed by atoms with Crippen LogP contribution in [-0.2, 0) is 6.54 Å². The van der Waals surface area contributed by atoms with E-state index in [0.29, 0.717) is 12.1 Å². The molecule has 2 aromatic heterocycles. The van der Waals surface area contributed by atoms with Crippen LogP contribution in [0.4, 0.5) is 0 Å². The van der Waals surface area contributed by atoms with E-state index in [1.807, 2.05) is 23.5 Å². The van der Waals surface area contributed by atoms with Crippen molar-refractivity contribution in [3.8, 4) is 0 Å². The van der Waals surface area contributed by atoms with Gasteiger partial charge in [-0.25, -0.2) is 0 Å². The average molecular weight is 327 g/mol. The molecule has 2 atom stereocenters. The molecule has 2 fully saturated rings. The van der Waals surface area contributed by atoms with Gasteiger partial charge < -0.3 is 9.47 Å². The molecule has 0 unspecified atom stereocenters. The minimum Gasteiger partial charge on any atom is -0.337 e. The number of amides is 1. The molecule has 0 spiro atoms. The third-order valence-electron chi connectivity index (χ3n) is 5.46. The van der Waals surface area contributed by atoms with Crippen LogP contribution in [0.5, 0.6) is 0 Å². The molecule has 1 saturated carbocycles. The molecule has 0 radical (unpaired) electrons. The van der Waals surface area contributed by atoms with E-state index in [9.17, 15) is 4.79 Å². The zero-order chi connectivity index (χ0) is 15.4. The minimum atomic E-state index is 0.237. The second-order valence-electron chi connectivity index (χ2n) is 7.11. The lowest BCUT2D eigenvalue weighted by molar-refractivity contribution is 0.0565. The van der Waals surface area contributed by atoms with E-state index in [0.717, 1.165) is 37.8 Å². The highest BCUT2D eigenvalue weighted by atomic mass is 32.1. The molecule has 2 aromatic rings. The molecule has 1 amide bonds. The van der Waals surface area contributed by atoms with Gasteiger partial charge in [-0.2, -0.15) is 0 Å². The first-order valence-electron chi connectivity index (χ1n) is 8.52.